The lowest BCUT2D eigenvalue weighted by Gasteiger charge is -2.68. The van der Waals surface area contributed by atoms with Crippen LogP contribution in [0.15, 0.2) is 41.5 Å². The van der Waals surface area contributed by atoms with E-state index in [0.717, 1.165) is 12.5 Å². The molecular weight excluding hydrogens is 548 g/mol. The zero-order chi connectivity index (χ0) is 30.8. The van der Waals surface area contributed by atoms with E-state index >= 15 is 0 Å². The Morgan fingerprint density at radius 1 is 1.10 bits per heavy atom. The molecule has 1 aromatic rings. The fraction of sp³-hybridized carbons (Fsp3) is 0.645. The van der Waals surface area contributed by atoms with Gasteiger partial charge in [-0.15, -0.1) is 0 Å². The first-order valence-electron chi connectivity index (χ1n) is 14.3. The van der Waals surface area contributed by atoms with Crippen LogP contribution in [0.5, 0.6) is 0 Å². The van der Waals surface area contributed by atoms with E-state index in [1.165, 1.54) is 6.92 Å². The number of aliphatic hydroxyl groups excluding tert-OH is 3. The lowest BCUT2D eigenvalue weighted by Crippen LogP contribution is -2.82. The van der Waals surface area contributed by atoms with Crippen LogP contribution in [-0.2, 0) is 39.9 Å². The van der Waals surface area contributed by atoms with Crippen LogP contribution >= 0.6 is 0 Å². The Labute approximate surface area is 244 Å². The average molecular weight is 589 g/mol. The number of aliphatic hydroxyl groups is 4. The number of Topliss-reactive ketones (excluding diaryl/α,β-unsaturated/α-hetero) is 1. The predicted octanol–water partition coefficient (Wildman–Crippen LogP) is 0.985. The molecule has 1 saturated heterocycles. The number of benzene rings is 1. The summed E-state index contributed by atoms with van der Waals surface area (Å²) < 4.78 is 23.9. The van der Waals surface area contributed by atoms with Crippen LogP contribution in [0.4, 0.5) is 0 Å². The summed E-state index contributed by atoms with van der Waals surface area (Å²) in [4.78, 5) is 39.9. The average Bonchev–Trinajstić information content (AvgIpc) is 2.91. The minimum absolute atomic E-state index is 0.0463. The summed E-state index contributed by atoms with van der Waals surface area (Å²) in [5, 5.41) is 47.1. The van der Waals surface area contributed by atoms with Crippen molar-refractivity contribution in [3.8, 4) is 0 Å². The van der Waals surface area contributed by atoms with Gasteiger partial charge in [0.1, 0.15) is 11.7 Å². The zero-order valence-electron chi connectivity index (χ0n) is 24.5. The van der Waals surface area contributed by atoms with Crippen LogP contribution in [0.25, 0.3) is 0 Å². The van der Waals surface area contributed by atoms with Gasteiger partial charge < -0.3 is 39.4 Å². The second-order valence-corrected chi connectivity index (χ2v) is 12.7. The molecule has 11 nitrogen and oxygen atoms in total. The predicted molar refractivity (Wildman–Crippen MR) is 146 cm³/mol. The fourth-order valence-electron chi connectivity index (χ4n) is 8.07. The second kappa shape index (κ2) is 10.5. The highest BCUT2D eigenvalue weighted by Crippen LogP contribution is 2.64. The molecule has 0 radical (unpaired) electrons. The van der Waals surface area contributed by atoms with Crippen molar-refractivity contribution in [1.82, 2.24) is 0 Å². The number of fused-ring (bicyclic) bond motifs is 5. The summed E-state index contributed by atoms with van der Waals surface area (Å²) >= 11 is 0. The van der Waals surface area contributed by atoms with Crippen LogP contribution in [0.3, 0.4) is 0 Å². The van der Waals surface area contributed by atoms with Crippen molar-refractivity contribution >= 4 is 17.7 Å². The third-order valence-corrected chi connectivity index (χ3v) is 10.2. The van der Waals surface area contributed by atoms with Gasteiger partial charge in [-0.25, -0.2) is 0 Å². The largest absolute Gasteiger partial charge is 0.454 e. The SMILES string of the molecule is CC(=O)O[C@H]1C(=O)[C@]2(CO)[C@@H](O)C[C@@H]3OC[C@@]3(OC(C)=O)[C@@H]2[C@H](OCc2ccccc2)[C@]2(O)C[C@H](O)C(C)=C1C2(C)C. The summed E-state index contributed by atoms with van der Waals surface area (Å²) in [5.74, 6) is -3.70. The summed E-state index contributed by atoms with van der Waals surface area (Å²) in [5.41, 5.74) is -5.79. The molecule has 3 fully saturated rings. The minimum atomic E-state index is -2.12. The molecule has 2 bridgehead atoms. The third kappa shape index (κ3) is 4.20. The van der Waals surface area contributed by atoms with Gasteiger partial charge in [-0.2, -0.15) is 0 Å². The van der Waals surface area contributed by atoms with Gasteiger partial charge in [0.25, 0.3) is 0 Å². The Morgan fingerprint density at radius 2 is 1.76 bits per heavy atom. The van der Waals surface area contributed by atoms with E-state index in [9.17, 15) is 34.8 Å². The molecule has 4 aliphatic rings. The Morgan fingerprint density at radius 3 is 2.31 bits per heavy atom. The van der Waals surface area contributed by atoms with Crippen LogP contribution in [0.1, 0.15) is 53.0 Å². The quantitative estimate of drug-likeness (QED) is 0.276. The van der Waals surface area contributed by atoms with E-state index in [-0.39, 0.29) is 31.6 Å². The molecule has 0 amide bonds. The lowest BCUT2D eigenvalue weighted by atomic mass is 9.44. The highest BCUT2D eigenvalue weighted by molar-refractivity contribution is 5.95. The number of hydrogen-bond acceptors (Lipinski definition) is 11. The van der Waals surface area contributed by atoms with Gasteiger partial charge in [-0.1, -0.05) is 44.2 Å². The molecule has 0 aromatic heterocycles. The molecule has 3 aliphatic carbocycles. The van der Waals surface area contributed by atoms with Crippen molar-refractivity contribution in [1.29, 1.82) is 0 Å². The topological polar surface area (TPSA) is 169 Å². The van der Waals surface area contributed by atoms with Crippen molar-refractivity contribution in [2.75, 3.05) is 13.2 Å². The summed E-state index contributed by atoms with van der Waals surface area (Å²) in [7, 11) is 0. The van der Waals surface area contributed by atoms with Gasteiger partial charge in [0.15, 0.2) is 17.5 Å². The number of ketones is 1. The first-order chi connectivity index (χ1) is 19.7. The van der Waals surface area contributed by atoms with E-state index in [0.29, 0.717) is 5.57 Å². The minimum Gasteiger partial charge on any atom is -0.454 e. The van der Waals surface area contributed by atoms with E-state index in [1.807, 2.05) is 30.3 Å². The fourth-order valence-corrected chi connectivity index (χ4v) is 8.07. The van der Waals surface area contributed by atoms with Crippen molar-refractivity contribution < 1.29 is 53.8 Å². The van der Waals surface area contributed by atoms with E-state index in [4.69, 9.17) is 18.9 Å². The lowest BCUT2D eigenvalue weighted by molar-refractivity contribution is -0.356. The number of carbonyl (C=O) groups excluding carboxylic acids is 3. The molecular formula is C31H40O11. The maximum absolute atomic E-state index is 14.9. The first-order valence-corrected chi connectivity index (χ1v) is 14.3. The highest BCUT2D eigenvalue weighted by Gasteiger charge is 2.78. The Kier molecular flexibility index (Phi) is 7.69. The van der Waals surface area contributed by atoms with Crippen molar-refractivity contribution in [2.24, 2.45) is 16.7 Å². The molecule has 1 heterocycles. The Hall–Kier alpha value is -2.67. The first kappa shape index (κ1) is 30.8. The molecule has 0 spiro atoms. The van der Waals surface area contributed by atoms with E-state index in [1.54, 1.807) is 20.8 Å². The molecule has 11 heteroatoms. The zero-order valence-corrected chi connectivity index (χ0v) is 24.5. The molecule has 0 unspecified atom stereocenters. The number of carbonyl (C=O) groups is 3. The second-order valence-electron chi connectivity index (χ2n) is 12.7. The van der Waals surface area contributed by atoms with Crippen molar-refractivity contribution in [3.63, 3.8) is 0 Å². The normalized spacial score (nSPS) is 40.5. The summed E-state index contributed by atoms with van der Waals surface area (Å²) in [6.45, 7) is 6.13. The van der Waals surface area contributed by atoms with Crippen molar-refractivity contribution in [3.05, 3.63) is 47.0 Å². The monoisotopic (exact) mass is 588 g/mol. The van der Waals surface area contributed by atoms with Crippen LogP contribution in [0.2, 0.25) is 0 Å². The highest BCUT2D eigenvalue weighted by atomic mass is 16.6. The van der Waals surface area contributed by atoms with Gasteiger partial charge in [0.2, 0.25) is 0 Å². The van der Waals surface area contributed by atoms with Gasteiger partial charge in [0, 0.05) is 32.1 Å². The maximum atomic E-state index is 14.9. The van der Waals surface area contributed by atoms with E-state index in [2.05, 4.69) is 0 Å². The number of rotatable bonds is 6. The summed E-state index contributed by atoms with van der Waals surface area (Å²) in [6, 6.07) is 9.10. The van der Waals surface area contributed by atoms with E-state index < -0.39 is 82.8 Å². The van der Waals surface area contributed by atoms with Gasteiger partial charge in [-0.3, -0.25) is 14.4 Å². The summed E-state index contributed by atoms with van der Waals surface area (Å²) in [6.07, 6.45) is -7.14. The van der Waals surface area contributed by atoms with Gasteiger partial charge in [-0.05, 0) is 23.6 Å². The van der Waals surface area contributed by atoms with Crippen LogP contribution < -0.4 is 0 Å². The number of hydrogen-bond donors (Lipinski definition) is 4. The molecule has 230 valence electrons. The van der Waals surface area contributed by atoms with Crippen molar-refractivity contribution in [2.45, 2.75) is 95.8 Å². The molecule has 5 rings (SSSR count). The molecule has 42 heavy (non-hydrogen) atoms. The third-order valence-electron chi connectivity index (χ3n) is 10.2. The van der Waals surface area contributed by atoms with Gasteiger partial charge in [0.05, 0.1) is 49.5 Å². The number of esters is 2. The molecule has 1 aromatic carbocycles. The Balaban J connectivity index is 1.84. The van der Waals surface area contributed by atoms with Crippen LogP contribution in [-0.4, -0.2) is 93.1 Å². The molecule has 9 atom stereocenters. The van der Waals surface area contributed by atoms with Crippen LogP contribution in [0, 0.1) is 16.7 Å². The number of ether oxygens (including phenoxy) is 4. The smallest absolute Gasteiger partial charge is 0.303 e. The molecule has 1 aliphatic heterocycles. The molecule has 2 saturated carbocycles. The molecule has 4 N–H and O–H groups in total. The Bertz CT molecular complexity index is 1290. The standard InChI is InChI=1S/C31H40O11/c1-16-20(35)12-31(38)27(39-13-19-9-7-6-8-10-19)25-29(14-32,21(36)11-22-30(25,15-40-22)42-18(3)34)26(37)24(41-17(2)33)23(16)28(31,4)5/h6-10,20-22,24-25,27,32,35-36,38H,11-15H2,1-5H3/t20-,21-,22-,24+,25+,27-,29+,30-,31+/m0/s1. The maximum Gasteiger partial charge on any atom is 0.303 e. The van der Waals surface area contributed by atoms with Gasteiger partial charge >= 0.3 is 11.9 Å².